The molecular formula is C15H15FN2O4S2. The molecule has 9 heteroatoms. The maximum Gasteiger partial charge on any atom is 0.267 e. The van der Waals surface area contributed by atoms with Crippen LogP contribution in [-0.2, 0) is 26.5 Å². The van der Waals surface area contributed by atoms with E-state index < -0.39 is 30.8 Å². The number of nitrogens with zero attached hydrogens (tertiary/aromatic N) is 1. The Labute approximate surface area is 139 Å². The van der Waals surface area contributed by atoms with E-state index in [1.165, 1.54) is 36.4 Å². The number of fused-ring (bicyclic) bond motifs is 1. The molecule has 6 nitrogen and oxygen atoms in total. The van der Waals surface area contributed by atoms with Crippen LogP contribution < -0.4 is 9.44 Å². The average molecular weight is 370 g/mol. The second-order valence-corrected chi connectivity index (χ2v) is 8.84. The van der Waals surface area contributed by atoms with E-state index in [9.17, 15) is 21.2 Å². The van der Waals surface area contributed by atoms with Gasteiger partial charge in [0.25, 0.3) is 10.0 Å². The summed E-state index contributed by atoms with van der Waals surface area (Å²) in [5.74, 6) is -0.828. The van der Waals surface area contributed by atoms with Crippen LogP contribution in [0.1, 0.15) is 12.0 Å². The van der Waals surface area contributed by atoms with Gasteiger partial charge in [-0.3, -0.25) is 4.31 Å². The summed E-state index contributed by atoms with van der Waals surface area (Å²) in [6.45, 7) is 0.193. The Balaban J connectivity index is 2.12. The standard InChI is InChI=1S/C15H15FN2O4S2/c16-13-5-1-2-6-15(13)24(21,22)18-9-3-4-11-10-12(23(17,19)20)7-8-14(11)18/h1-2,5-8,10H,3-4,9H2,(H2,17,19,20). The molecule has 2 aromatic carbocycles. The summed E-state index contributed by atoms with van der Waals surface area (Å²) < 4.78 is 63.6. The highest BCUT2D eigenvalue weighted by Gasteiger charge is 2.31. The van der Waals surface area contributed by atoms with E-state index in [4.69, 9.17) is 5.14 Å². The Kier molecular flexibility index (Phi) is 4.10. The molecule has 0 unspecified atom stereocenters. The molecule has 128 valence electrons. The number of aryl methyl sites for hydroxylation is 1. The first-order valence-corrected chi connectivity index (χ1v) is 10.1. The van der Waals surface area contributed by atoms with Crippen molar-refractivity contribution in [1.82, 2.24) is 0 Å². The van der Waals surface area contributed by atoms with Gasteiger partial charge in [0.05, 0.1) is 10.6 Å². The Morgan fingerprint density at radius 2 is 1.75 bits per heavy atom. The molecule has 0 amide bonds. The van der Waals surface area contributed by atoms with E-state index >= 15 is 0 Å². The molecule has 0 spiro atoms. The summed E-state index contributed by atoms with van der Waals surface area (Å²) in [6.07, 6.45) is 1.01. The molecule has 0 aromatic heterocycles. The van der Waals surface area contributed by atoms with Gasteiger partial charge >= 0.3 is 0 Å². The Bertz CT molecular complexity index is 1000. The Morgan fingerprint density at radius 3 is 2.42 bits per heavy atom. The first-order valence-electron chi connectivity index (χ1n) is 7.14. The third-order valence-corrected chi connectivity index (χ3v) is 6.62. The van der Waals surface area contributed by atoms with Crippen molar-refractivity contribution in [2.24, 2.45) is 5.14 Å². The SMILES string of the molecule is NS(=O)(=O)c1ccc2c(c1)CCCN2S(=O)(=O)c1ccccc1F. The van der Waals surface area contributed by atoms with Crippen molar-refractivity contribution < 1.29 is 21.2 Å². The van der Waals surface area contributed by atoms with Crippen molar-refractivity contribution in [3.63, 3.8) is 0 Å². The van der Waals surface area contributed by atoms with Gasteiger partial charge in [-0.15, -0.1) is 0 Å². The fourth-order valence-corrected chi connectivity index (χ4v) is 4.91. The zero-order chi connectivity index (χ0) is 17.5. The lowest BCUT2D eigenvalue weighted by molar-refractivity contribution is 0.561. The van der Waals surface area contributed by atoms with Gasteiger partial charge in [-0.1, -0.05) is 12.1 Å². The fourth-order valence-electron chi connectivity index (χ4n) is 2.74. The van der Waals surface area contributed by atoms with E-state index in [2.05, 4.69) is 0 Å². The van der Waals surface area contributed by atoms with Crippen molar-refractivity contribution in [3.8, 4) is 0 Å². The summed E-state index contributed by atoms with van der Waals surface area (Å²) in [4.78, 5) is -0.486. The van der Waals surface area contributed by atoms with Gasteiger partial charge in [0.15, 0.2) is 0 Å². The van der Waals surface area contributed by atoms with Crippen molar-refractivity contribution >= 4 is 25.7 Å². The molecule has 0 atom stereocenters. The topological polar surface area (TPSA) is 97.5 Å². The molecular weight excluding hydrogens is 355 g/mol. The predicted molar refractivity (Wildman–Crippen MR) is 87.1 cm³/mol. The van der Waals surface area contributed by atoms with Gasteiger partial charge in [-0.25, -0.2) is 26.4 Å². The zero-order valence-electron chi connectivity index (χ0n) is 12.5. The molecule has 2 aromatic rings. The van der Waals surface area contributed by atoms with Gasteiger partial charge in [0.1, 0.15) is 10.7 Å². The van der Waals surface area contributed by atoms with Crippen molar-refractivity contribution in [2.75, 3.05) is 10.8 Å². The first kappa shape index (κ1) is 16.9. The van der Waals surface area contributed by atoms with Crippen LogP contribution in [-0.4, -0.2) is 23.4 Å². The third-order valence-electron chi connectivity index (χ3n) is 3.86. The van der Waals surface area contributed by atoms with E-state index in [1.54, 1.807) is 0 Å². The van der Waals surface area contributed by atoms with Crippen LogP contribution in [0.2, 0.25) is 0 Å². The van der Waals surface area contributed by atoms with Crippen LogP contribution in [0.25, 0.3) is 0 Å². The van der Waals surface area contributed by atoms with E-state index in [-0.39, 0.29) is 11.4 Å². The summed E-state index contributed by atoms with van der Waals surface area (Å²) in [7, 11) is -7.95. The number of anilines is 1. The van der Waals surface area contributed by atoms with Crippen LogP contribution in [0.3, 0.4) is 0 Å². The van der Waals surface area contributed by atoms with Gasteiger partial charge in [0.2, 0.25) is 10.0 Å². The largest absolute Gasteiger partial charge is 0.267 e. The predicted octanol–water partition coefficient (Wildman–Crippen LogP) is 1.61. The highest BCUT2D eigenvalue weighted by molar-refractivity contribution is 7.92. The molecule has 0 radical (unpaired) electrons. The number of rotatable bonds is 3. The number of halogens is 1. The van der Waals surface area contributed by atoms with Crippen LogP contribution in [0, 0.1) is 5.82 Å². The molecule has 0 fully saturated rings. The minimum Gasteiger partial charge on any atom is -0.266 e. The molecule has 0 aliphatic carbocycles. The number of primary sulfonamides is 1. The number of benzene rings is 2. The molecule has 1 aliphatic heterocycles. The van der Waals surface area contributed by atoms with Crippen molar-refractivity contribution in [2.45, 2.75) is 22.6 Å². The number of hydrogen-bond donors (Lipinski definition) is 1. The molecule has 2 N–H and O–H groups in total. The minimum atomic E-state index is -4.08. The number of sulfonamides is 2. The van der Waals surface area contributed by atoms with Gasteiger partial charge in [-0.2, -0.15) is 0 Å². The summed E-state index contributed by atoms with van der Waals surface area (Å²) in [6, 6.07) is 9.17. The Hall–Kier alpha value is -1.97. The number of hydrogen-bond acceptors (Lipinski definition) is 4. The monoisotopic (exact) mass is 370 g/mol. The van der Waals surface area contributed by atoms with Crippen LogP contribution in [0.5, 0.6) is 0 Å². The smallest absolute Gasteiger partial charge is 0.266 e. The lowest BCUT2D eigenvalue weighted by atomic mass is 10.0. The minimum absolute atomic E-state index is 0.0774. The van der Waals surface area contributed by atoms with Gasteiger partial charge in [-0.05, 0) is 48.7 Å². The lowest BCUT2D eigenvalue weighted by Crippen LogP contribution is -2.36. The normalized spacial score (nSPS) is 15.2. The summed E-state index contributed by atoms with van der Waals surface area (Å²) in [5.41, 5.74) is 0.893. The second kappa shape index (κ2) is 5.83. The number of nitrogens with two attached hydrogens (primary N) is 1. The molecule has 24 heavy (non-hydrogen) atoms. The molecule has 1 aliphatic rings. The van der Waals surface area contributed by atoms with Gasteiger partial charge < -0.3 is 0 Å². The highest BCUT2D eigenvalue weighted by Crippen LogP contribution is 2.33. The summed E-state index contributed by atoms with van der Waals surface area (Å²) >= 11 is 0. The van der Waals surface area contributed by atoms with E-state index in [0.29, 0.717) is 24.1 Å². The van der Waals surface area contributed by atoms with Crippen molar-refractivity contribution in [3.05, 3.63) is 53.8 Å². The van der Waals surface area contributed by atoms with Crippen LogP contribution in [0.15, 0.2) is 52.3 Å². The second-order valence-electron chi connectivity index (χ2n) is 5.45. The lowest BCUT2D eigenvalue weighted by Gasteiger charge is -2.30. The quantitative estimate of drug-likeness (QED) is 0.888. The molecule has 0 saturated carbocycles. The highest BCUT2D eigenvalue weighted by atomic mass is 32.2. The Morgan fingerprint density at radius 1 is 1.04 bits per heavy atom. The first-order chi connectivity index (χ1) is 11.2. The van der Waals surface area contributed by atoms with Crippen LogP contribution in [0.4, 0.5) is 10.1 Å². The third kappa shape index (κ3) is 2.90. The molecule has 0 saturated heterocycles. The molecule has 3 rings (SSSR count). The van der Waals surface area contributed by atoms with E-state index in [1.807, 2.05) is 0 Å². The van der Waals surface area contributed by atoms with Crippen molar-refractivity contribution in [1.29, 1.82) is 0 Å². The summed E-state index contributed by atoms with van der Waals surface area (Å²) in [5, 5.41) is 5.11. The fraction of sp³-hybridized carbons (Fsp3) is 0.200. The van der Waals surface area contributed by atoms with Crippen LogP contribution >= 0.6 is 0 Å². The maximum absolute atomic E-state index is 13.9. The maximum atomic E-state index is 13.9. The zero-order valence-corrected chi connectivity index (χ0v) is 14.1. The average Bonchev–Trinajstić information content (AvgIpc) is 2.53. The molecule has 1 heterocycles. The van der Waals surface area contributed by atoms with E-state index in [0.717, 1.165) is 10.4 Å². The molecule has 0 bridgehead atoms. The van der Waals surface area contributed by atoms with Gasteiger partial charge in [0, 0.05) is 6.54 Å².